The van der Waals surface area contributed by atoms with Crippen LogP contribution in [0.2, 0.25) is 0 Å². The maximum atomic E-state index is 12.7. The van der Waals surface area contributed by atoms with Crippen molar-refractivity contribution in [3.8, 4) is 0 Å². The highest BCUT2D eigenvalue weighted by Gasteiger charge is 2.34. The van der Waals surface area contributed by atoms with Crippen molar-refractivity contribution < 1.29 is 29.4 Å². The van der Waals surface area contributed by atoms with Crippen molar-refractivity contribution >= 4 is 23.8 Å². The highest BCUT2D eigenvalue weighted by Crippen LogP contribution is 2.13. The monoisotopic (exact) mass is 393 g/mol. The Bertz CT molecular complexity index is 707. The van der Waals surface area contributed by atoms with Crippen molar-refractivity contribution in [1.82, 2.24) is 10.2 Å². The molecule has 9 nitrogen and oxygen atoms in total. The predicted octanol–water partition coefficient (Wildman–Crippen LogP) is 0.0835. The van der Waals surface area contributed by atoms with Crippen molar-refractivity contribution in [2.75, 3.05) is 7.05 Å². The second-order valence-electron chi connectivity index (χ2n) is 6.93. The van der Waals surface area contributed by atoms with Gasteiger partial charge in [0.25, 0.3) is 0 Å². The van der Waals surface area contributed by atoms with Crippen molar-refractivity contribution in [1.29, 1.82) is 0 Å². The molecule has 154 valence electrons. The zero-order valence-electron chi connectivity index (χ0n) is 16.2. The van der Waals surface area contributed by atoms with Crippen LogP contribution in [0.1, 0.15) is 25.8 Å². The van der Waals surface area contributed by atoms with Crippen LogP contribution < -0.4 is 11.1 Å². The number of rotatable bonds is 10. The molecule has 9 heteroatoms. The summed E-state index contributed by atoms with van der Waals surface area (Å²) in [5.41, 5.74) is 6.88. The van der Waals surface area contributed by atoms with E-state index >= 15 is 0 Å². The molecule has 1 aromatic carbocycles. The summed E-state index contributed by atoms with van der Waals surface area (Å²) in [7, 11) is 1.42. The van der Waals surface area contributed by atoms with Crippen molar-refractivity contribution in [2.24, 2.45) is 11.7 Å². The molecule has 0 fully saturated rings. The summed E-state index contributed by atoms with van der Waals surface area (Å²) in [6, 6.07) is 5.71. The largest absolute Gasteiger partial charge is 0.481 e. The number of carbonyl (C=O) groups excluding carboxylic acids is 2. The third-order valence-corrected chi connectivity index (χ3v) is 4.27. The molecule has 0 saturated heterocycles. The number of nitrogens with zero attached hydrogens (tertiary/aromatic N) is 1. The van der Waals surface area contributed by atoms with Crippen molar-refractivity contribution in [2.45, 2.75) is 44.8 Å². The van der Waals surface area contributed by atoms with Gasteiger partial charge in [-0.25, -0.2) is 4.79 Å². The SMILES string of the molecule is CC(C)[C@@H](C(=O)N[C@@H](CC(=O)O)C(=O)O)N(C)C(=O)[C@@H](N)Cc1ccccc1. The number of carboxylic acid groups (broad SMARTS) is 2. The molecule has 0 heterocycles. The van der Waals surface area contributed by atoms with Crippen molar-refractivity contribution in [3.63, 3.8) is 0 Å². The number of nitrogens with two attached hydrogens (primary N) is 1. The Labute approximate surface area is 163 Å². The van der Waals surface area contributed by atoms with E-state index in [2.05, 4.69) is 5.32 Å². The third-order valence-electron chi connectivity index (χ3n) is 4.27. The van der Waals surface area contributed by atoms with E-state index < -0.39 is 48.3 Å². The zero-order chi connectivity index (χ0) is 21.4. The zero-order valence-corrected chi connectivity index (χ0v) is 16.2. The Hall–Kier alpha value is -2.94. The van der Waals surface area contributed by atoms with Crippen LogP contribution >= 0.6 is 0 Å². The van der Waals surface area contributed by atoms with Crippen LogP contribution in [0.5, 0.6) is 0 Å². The van der Waals surface area contributed by atoms with Crippen LogP contribution in [-0.2, 0) is 25.6 Å². The van der Waals surface area contributed by atoms with Gasteiger partial charge in [-0.2, -0.15) is 0 Å². The van der Waals surface area contributed by atoms with E-state index in [1.54, 1.807) is 13.8 Å². The lowest BCUT2D eigenvalue weighted by Gasteiger charge is -2.32. The number of carboxylic acids is 2. The van der Waals surface area contributed by atoms with Crippen molar-refractivity contribution in [3.05, 3.63) is 35.9 Å². The van der Waals surface area contributed by atoms with Crippen LogP contribution in [0.15, 0.2) is 30.3 Å². The smallest absolute Gasteiger partial charge is 0.326 e. The molecule has 0 aliphatic heterocycles. The van der Waals surface area contributed by atoms with Gasteiger partial charge in [0.15, 0.2) is 0 Å². The van der Waals surface area contributed by atoms with Gasteiger partial charge in [-0.3, -0.25) is 14.4 Å². The molecule has 28 heavy (non-hydrogen) atoms. The van der Waals surface area contributed by atoms with Gasteiger partial charge in [-0.05, 0) is 17.9 Å². The fourth-order valence-electron chi connectivity index (χ4n) is 2.91. The Kier molecular flexibility index (Phi) is 8.59. The molecule has 3 atom stereocenters. The number of hydrogen-bond acceptors (Lipinski definition) is 5. The summed E-state index contributed by atoms with van der Waals surface area (Å²) in [5.74, 6) is -4.39. The average molecular weight is 393 g/mol. The van der Waals surface area contributed by atoms with E-state index in [1.807, 2.05) is 30.3 Å². The minimum atomic E-state index is -1.59. The van der Waals surface area contributed by atoms with Gasteiger partial charge >= 0.3 is 11.9 Å². The molecule has 0 radical (unpaired) electrons. The van der Waals surface area contributed by atoms with E-state index in [9.17, 15) is 19.2 Å². The summed E-state index contributed by atoms with van der Waals surface area (Å²) >= 11 is 0. The Balaban J connectivity index is 2.90. The van der Waals surface area contributed by atoms with Gasteiger partial charge in [0, 0.05) is 7.05 Å². The van der Waals surface area contributed by atoms with E-state index in [0.717, 1.165) is 5.56 Å². The summed E-state index contributed by atoms with van der Waals surface area (Å²) in [6.07, 6.45) is -0.482. The number of amides is 2. The first-order chi connectivity index (χ1) is 13.0. The first kappa shape index (κ1) is 23.1. The lowest BCUT2D eigenvalue weighted by atomic mass is 9.99. The number of benzene rings is 1. The summed E-state index contributed by atoms with van der Waals surface area (Å²) in [6.45, 7) is 3.40. The van der Waals surface area contributed by atoms with E-state index in [4.69, 9.17) is 15.9 Å². The predicted molar refractivity (Wildman–Crippen MR) is 101 cm³/mol. The van der Waals surface area contributed by atoms with Crippen LogP contribution in [0, 0.1) is 5.92 Å². The Morgan fingerprint density at radius 3 is 2.14 bits per heavy atom. The minimum Gasteiger partial charge on any atom is -0.481 e. The average Bonchev–Trinajstić information content (AvgIpc) is 2.60. The van der Waals surface area contributed by atoms with Gasteiger partial charge in [0.05, 0.1) is 12.5 Å². The molecular formula is C19H27N3O6. The van der Waals surface area contributed by atoms with Gasteiger partial charge in [-0.1, -0.05) is 44.2 Å². The summed E-state index contributed by atoms with van der Waals surface area (Å²) in [5, 5.41) is 20.1. The number of aliphatic carboxylic acids is 2. The van der Waals surface area contributed by atoms with Gasteiger partial charge in [0.2, 0.25) is 11.8 Å². The highest BCUT2D eigenvalue weighted by molar-refractivity contribution is 5.92. The Morgan fingerprint density at radius 2 is 1.68 bits per heavy atom. The first-order valence-electron chi connectivity index (χ1n) is 8.85. The normalized spacial score (nSPS) is 14.0. The molecule has 1 rings (SSSR count). The maximum Gasteiger partial charge on any atom is 0.326 e. The minimum absolute atomic E-state index is 0.285. The molecule has 0 aliphatic rings. The summed E-state index contributed by atoms with van der Waals surface area (Å²) in [4.78, 5) is 48.5. The lowest BCUT2D eigenvalue weighted by Crippen LogP contribution is -2.57. The summed E-state index contributed by atoms with van der Waals surface area (Å²) < 4.78 is 0. The molecule has 0 spiro atoms. The van der Waals surface area contributed by atoms with E-state index in [0.29, 0.717) is 0 Å². The molecule has 0 unspecified atom stereocenters. The molecule has 0 saturated carbocycles. The number of likely N-dealkylation sites (N-methyl/N-ethyl adjacent to an activating group) is 1. The third kappa shape index (κ3) is 6.66. The second kappa shape index (κ2) is 10.4. The number of hydrogen-bond donors (Lipinski definition) is 4. The highest BCUT2D eigenvalue weighted by atomic mass is 16.4. The maximum absolute atomic E-state index is 12.7. The molecule has 0 aromatic heterocycles. The lowest BCUT2D eigenvalue weighted by molar-refractivity contribution is -0.149. The van der Waals surface area contributed by atoms with Crippen LogP contribution in [0.4, 0.5) is 0 Å². The van der Waals surface area contributed by atoms with E-state index in [-0.39, 0.29) is 12.3 Å². The molecule has 5 N–H and O–H groups in total. The molecular weight excluding hydrogens is 366 g/mol. The van der Waals surface area contributed by atoms with Gasteiger partial charge in [0.1, 0.15) is 12.1 Å². The first-order valence-corrected chi connectivity index (χ1v) is 8.85. The van der Waals surface area contributed by atoms with Crippen LogP contribution in [0.3, 0.4) is 0 Å². The van der Waals surface area contributed by atoms with Gasteiger partial charge in [-0.15, -0.1) is 0 Å². The standard InChI is InChI=1S/C19H27N3O6/c1-11(2)16(17(25)21-14(19(27)28)10-15(23)24)22(3)18(26)13(20)9-12-7-5-4-6-8-12/h4-8,11,13-14,16H,9-10,20H2,1-3H3,(H,21,25)(H,23,24)(H,27,28)/t13-,14-,16-/m0/s1. The van der Waals surface area contributed by atoms with Crippen LogP contribution in [-0.4, -0.2) is 64.0 Å². The molecule has 1 aromatic rings. The number of carbonyl (C=O) groups is 4. The fraction of sp³-hybridized carbons (Fsp3) is 0.474. The molecule has 2 amide bonds. The number of nitrogens with one attached hydrogen (secondary N) is 1. The van der Waals surface area contributed by atoms with Crippen LogP contribution in [0.25, 0.3) is 0 Å². The fourth-order valence-corrected chi connectivity index (χ4v) is 2.91. The second-order valence-corrected chi connectivity index (χ2v) is 6.93. The molecule has 0 bridgehead atoms. The molecule has 0 aliphatic carbocycles. The topological polar surface area (TPSA) is 150 Å². The van der Waals surface area contributed by atoms with Gasteiger partial charge < -0.3 is 26.2 Å². The quantitative estimate of drug-likeness (QED) is 0.440. The van der Waals surface area contributed by atoms with E-state index in [1.165, 1.54) is 11.9 Å². The Morgan fingerprint density at radius 1 is 1.11 bits per heavy atom.